The molecule has 1 atom stereocenters. The molecular weight excluding hydrogens is 412 g/mol. The first-order chi connectivity index (χ1) is 15.1. The Kier molecular flexibility index (Phi) is 6.85. The van der Waals surface area contributed by atoms with Gasteiger partial charge in [0, 0.05) is 24.1 Å². The first kappa shape index (κ1) is 21.3. The molecule has 5 nitrogen and oxygen atoms in total. The van der Waals surface area contributed by atoms with Gasteiger partial charge in [0.15, 0.2) is 0 Å². The number of carboxylic acids is 1. The summed E-state index contributed by atoms with van der Waals surface area (Å²) >= 11 is 5.97. The average Bonchev–Trinajstić information content (AvgIpc) is 3.23. The highest BCUT2D eigenvalue weighted by Crippen LogP contribution is 2.32. The number of aromatic nitrogens is 1. The Hall–Kier alpha value is -2.89. The number of rotatable bonds is 7. The Morgan fingerprint density at radius 2 is 1.87 bits per heavy atom. The normalized spacial score (nSPS) is 17.3. The van der Waals surface area contributed by atoms with Crippen molar-refractivity contribution in [1.29, 1.82) is 0 Å². The monoisotopic (exact) mass is 436 g/mol. The predicted molar refractivity (Wildman–Crippen MR) is 121 cm³/mol. The molecule has 1 aliphatic rings. The largest absolute Gasteiger partial charge is 0.478 e. The van der Waals surface area contributed by atoms with Crippen molar-refractivity contribution in [3.63, 3.8) is 0 Å². The molecule has 2 heterocycles. The van der Waals surface area contributed by atoms with E-state index in [1.54, 1.807) is 6.08 Å². The third-order valence-electron chi connectivity index (χ3n) is 5.55. The number of halogens is 1. The van der Waals surface area contributed by atoms with Crippen molar-refractivity contribution in [2.45, 2.75) is 38.3 Å². The van der Waals surface area contributed by atoms with Crippen molar-refractivity contribution >= 4 is 23.6 Å². The van der Waals surface area contributed by atoms with E-state index in [-0.39, 0.29) is 6.04 Å². The van der Waals surface area contributed by atoms with Crippen molar-refractivity contribution in [3.05, 3.63) is 94.2 Å². The summed E-state index contributed by atoms with van der Waals surface area (Å²) in [5, 5.41) is 9.49. The van der Waals surface area contributed by atoms with Crippen molar-refractivity contribution in [2.75, 3.05) is 6.54 Å². The smallest absolute Gasteiger partial charge is 0.328 e. The number of benzene rings is 2. The Labute approximate surface area is 187 Å². The quantitative estimate of drug-likeness (QED) is 0.478. The molecule has 1 saturated heterocycles. The number of likely N-dealkylation sites (tertiary alicyclic amines) is 1. The summed E-state index contributed by atoms with van der Waals surface area (Å²) in [5.74, 6) is 0.698. The molecule has 0 saturated carbocycles. The average molecular weight is 437 g/mol. The van der Waals surface area contributed by atoms with Crippen LogP contribution in [0.25, 0.3) is 6.08 Å². The highest BCUT2D eigenvalue weighted by molar-refractivity contribution is 6.30. The van der Waals surface area contributed by atoms with Crippen LogP contribution in [0.5, 0.6) is 0 Å². The summed E-state index contributed by atoms with van der Waals surface area (Å²) in [6.45, 7) is 1.81. The van der Waals surface area contributed by atoms with Gasteiger partial charge in [0.2, 0.25) is 5.89 Å². The maximum atomic E-state index is 10.7. The molecule has 0 bridgehead atoms. The Morgan fingerprint density at radius 3 is 2.61 bits per heavy atom. The lowest BCUT2D eigenvalue weighted by molar-refractivity contribution is -0.131. The van der Waals surface area contributed by atoms with Crippen LogP contribution < -0.4 is 0 Å². The van der Waals surface area contributed by atoms with E-state index in [9.17, 15) is 4.79 Å². The van der Waals surface area contributed by atoms with Crippen LogP contribution in [-0.2, 0) is 17.8 Å². The second-order valence-corrected chi connectivity index (χ2v) is 8.30. The third kappa shape index (κ3) is 5.84. The second-order valence-electron chi connectivity index (χ2n) is 7.86. The fraction of sp³-hybridized carbons (Fsp3) is 0.280. The van der Waals surface area contributed by atoms with Gasteiger partial charge >= 0.3 is 5.97 Å². The van der Waals surface area contributed by atoms with Crippen LogP contribution in [0.15, 0.2) is 65.2 Å². The molecule has 1 fully saturated rings. The van der Waals surface area contributed by atoms with E-state index < -0.39 is 5.97 Å². The van der Waals surface area contributed by atoms with Crippen LogP contribution in [0.4, 0.5) is 0 Å². The van der Waals surface area contributed by atoms with Gasteiger partial charge in [-0.25, -0.2) is 9.78 Å². The molecule has 1 aromatic heterocycles. The molecule has 6 heteroatoms. The van der Waals surface area contributed by atoms with E-state index in [0.717, 1.165) is 66.2 Å². The SMILES string of the molecule is O=C(O)/C=C/c1ccc(CN2CCCC[C@@H]2c2ncc(Cc3ccc(Cl)cc3)o2)cc1. The summed E-state index contributed by atoms with van der Waals surface area (Å²) in [5.41, 5.74) is 3.21. The molecule has 160 valence electrons. The highest BCUT2D eigenvalue weighted by atomic mass is 35.5. The number of piperidine rings is 1. The molecule has 0 amide bonds. The number of oxazole rings is 1. The van der Waals surface area contributed by atoms with Gasteiger partial charge in [-0.05, 0) is 54.3 Å². The molecule has 0 aliphatic carbocycles. The number of nitrogens with zero attached hydrogens (tertiary/aromatic N) is 2. The minimum atomic E-state index is -0.943. The summed E-state index contributed by atoms with van der Waals surface area (Å²) in [4.78, 5) is 17.7. The standard InChI is InChI=1S/C25H25ClN2O3/c26-21-11-8-19(9-12-21)15-22-16-27-25(31-22)23-3-1-2-14-28(23)17-20-6-4-18(5-7-20)10-13-24(29)30/h4-13,16,23H,1-3,14-15,17H2,(H,29,30)/b13-10+/t23-/m1/s1. The first-order valence-corrected chi connectivity index (χ1v) is 10.9. The zero-order chi connectivity index (χ0) is 21.6. The summed E-state index contributed by atoms with van der Waals surface area (Å²) in [6, 6.07) is 16.0. The van der Waals surface area contributed by atoms with Gasteiger partial charge in [0.05, 0.1) is 12.2 Å². The highest BCUT2D eigenvalue weighted by Gasteiger charge is 2.28. The van der Waals surface area contributed by atoms with Gasteiger partial charge in [-0.2, -0.15) is 0 Å². The van der Waals surface area contributed by atoms with E-state index in [4.69, 9.17) is 21.1 Å². The van der Waals surface area contributed by atoms with Gasteiger partial charge in [0.25, 0.3) is 0 Å². The molecule has 0 radical (unpaired) electrons. The lowest BCUT2D eigenvalue weighted by Crippen LogP contribution is -2.33. The Morgan fingerprint density at radius 1 is 1.13 bits per heavy atom. The van der Waals surface area contributed by atoms with Crippen LogP contribution in [0, 0.1) is 0 Å². The van der Waals surface area contributed by atoms with Crippen LogP contribution in [-0.4, -0.2) is 27.5 Å². The number of carbonyl (C=O) groups is 1. The van der Waals surface area contributed by atoms with E-state index in [1.807, 2.05) is 42.6 Å². The number of aliphatic carboxylic acids is 1. The van der Waals surface area contributed by atoms with Crippen molar-refractivity contribution in [3.8, 4) is 0 Å². The lowest BCUT2D eigenvalue weighted by atomic mass is 10.0. The topological polar surface area (TPSA) is 66.6 Å². The van der Waals surface area contributed by atoms with E-state index in [2.05, 4.69) is 22.0 Å². The van der Waals surface area contributed by atoms with Crippen LogP contribution in [0.1, 0.15) is 53.6 Å². The summed E-state index contributed by atoms with van der Waals surface area (Å²) in [7, 11) is 0. The molecule has 3 aromatic rings. The van der Waals surface area contributed by atoms with Gasteiger partial charge < -0.3 is 9.52 Å². The zero-order valence-electron chi connectivity index (χ0n) is 17.2. The fourth-order valence-corrected chi connectivity index (χ4v) is 4.08. The van der Waals surface area contributed by atoms with Crippen molar-refractivity contribution < 1.29 is 14.3 Å². The fourth-order valence-electron chi connectivity index (χ4n) is 3.96. The number of hydrogen-bond acceptors (Lipinski definition) is 4. The third-order valence-corrected chi connectivity index (χ3v) is 5.80. The second kappa shape index (κ2) is 9.94. The minimum absolute atomic E-state index is 0.166. The molecule has 2 aromatic carbocycles. The first-order valence-electron chi connectivity index (χ1n) is 10.5. The number of carboxylic acid groups (broad SMARTS) is 1. The van der Waals surface area contributed by atoms with Crippen LogP contribution >= 0.6 is 11.6 Å². The number of hydrogen-bond donors (Lipinski definition) is 1. The van der Waals surface area contributed by atoms with E-state index in [1.165, 1.54) is 5.56 Å². The lowest BCUT2D eigenvalue weighted by Gasteiger charge is -2.33. The van der Waals surface area contributed by atoms with Gasteiger partial charge in [0.1, 0.15) is 5.76 Å². The molecule has 0 spiro atoms. The maximum absolute atomic E-state index is 10.7. The molecular formula is C25H25ClN2O3. The molecule has 31 heavy (non-hydrogen) atoms. The molecule has 0 unspecified atom stereocenters. The van der Waals surface area contributed by atoms with E-state index >= 15 is 0 Å². The van der Waals surface area contributed by atoms with E-state index in [0.29, 0.717) is 6.42 Å². The predicted octanol–water partition coefficient (Wildman–Crippen LogP) is 5.74. The molecule has 1 aliphatic heterocycles. The van der Waals surface area contributed by atoms with Crippen molar-refractivity contribution in [1.82, 2.24) is 9.88 Å². The van der Waals surface area contributed by atoms with Gasteiger partial charge in [-0.15, -0.1) is 0 Å². The zero-order valence-corrected chi connectivity index (χ0v) is 18.0. The molecule has 1 N–H and O–H groups in total. The van der Waals surface area contributed by atoms with Crippen LogP contribution in [0.2, 0.25) is 5.02 Å². The van der Waals surface area contributed by atoms with Crippen molar-refractivity contribution in [2.24, 2.45) is 0 Å². The van der Waals surface area contributed by atoms with Gasteiger partial charge in [-0.1, -0.05) is 54.4 Å². The summed E-state index contributed by atoms with van der Waals surface area (Å²) < 4.78 is 6.15. The summed E-state index contributed by atoms with van der Waals surface area (Å²) in [6.07, 6.45) is 8.64. The van der Waals surface area contributed by atoms with Gasteiger partial charge in [-0.3, -0.25) is 4.90 Å². The molecule has 4 rings (SSSR count). The minimum Gasteiger partial charge on any atom is -0.478 e. The Balaban J connectivity index is 1.43. The Bertz CT molecular complexity index is 1040. The maximum Gasteiger partial charge on any atom is 0.328 e. The van der Waals surface area contributed by atoms with Crippen LogP contribution in [0.3, 0.4) is 0 Å².